The van der Waals surface area contributed by atoms with Crippen molar-refractivity contribution in [3.05, 3.63) is 35.6 Å². The first-order valence-corrected chi connectivity index (χ1v) is 9.23. The van der Waals surface area contributed by atoms with E-state index < -0.39 is 9.84 Å². The van der Waals surface area contributed by atoms with E-state index in [-0.39, 0.29) is 47.3 Å². The molecule has 2 N–H and O–H groups in total. The summed E-state index contributed by atoms with van der Waals surface area (Å²) in [4.78, 5) is 4.10. The standard InChI is InChI=1S/C15H22FN3O2S.HI/c1-17-15(19-14-7-9-22(20,21)11-14)18-8-3-5-12-4-2-6-13(16)10-12;/h2,4,6,10,14H,3,5,7-9,11H2,1H3,(H2,17,18,19);1H. The summed E-state index contributed by atoms with van der Waals surface area (Å²) in [6, 6.07) is 6.51. The van der Waals surface area contributed by atoms with Gasteiger partial charge in [0.1, 0.15) is 5.82 Å². The molecule has 0 aromatic heterocycles. The lowest BCUT2D eigenvalue weighted by atomic mass is 10.1. The van der Waals surface area contributed by atoms with Gasteiger partial charge in [-0.05, 0) is 37.0 Å². The smallest absolute Gasteiger partial charge is 0.191 e. The molecule has 1 heterocycles. The third kappa shape index (κ3) is 7.03. The zero-order valence-electron chi connectivity index (χ0n) is 13.1. The second kappa shape index (κ2) is 9.41. The van der Waals surface area contributed by atoms with E-state index in [0.29, 0.717) is 18.9 Å². The first kappa shape index (κ1) is 20.1. The zero-order chi connectivity index (χ0) is 16.0. The van der Waals surface area contributed by atoms with E-state index in [1.165, 1.54) is 12.1 Å². The van der Waals surface area contributed by atoms with Gasteiger partial charge in [0.05, 0.1) is 11.5 Å². The molecule has 1 unspecified atom stereocenters. The number of nitrogens with zero attached hydrogens (tertiary/aromatic N) is 1. The van der Waals surface area contributed by atoms with Gasteiger partial charge in [-0.2, -0.15) is 0 Å². The molecule has 1 saturated heterocycles. The summed E-state index contributed by atoms with van der Waals surface area (Å²) in [7, 11) is -1.24. The number of benzene rings is 1. The van der Waals surface area contributed by atoms with Crippen LogP contribution >= 0.6 is 24.0 Å². The van der Waals surface area contributed by atoms with Gasteiger partial charge in [-0.1, -0.05) is 12.1 Å². The average molecular weight is 455 g/mol. The van der Waals surface area contributed by atoms with Crippen molar-refractivity contribution in [3.8, 4) is 0 Å². The van der Waals surface area contributed by atoms with Gasteiger partial charge in [-0.15, -0.1) is 24.0 Å². The number of nitrogens with one attached hydrogen (secondary N) is 2. The highest BCUT2D eigenvalue weighted by Crippen LogP contribution is 2.11. The van der Waals surface area contributed by atoms with E-state index >= 15 is 0 Å². The molecule has 0 spiro atoms. The number of guanidine groups is 1. The van der Waals surface area contributed by atoms with Crippen LogP contribution in [0.4, 0.5) is 4.39 Å². The van der Waals surface area contributed by atoms with Gasteiger partial charge in [-0.3, -0.25) is 4.99 Å². The van der Waals surface area contributed by atoms with Crippen molar-refractivity contribution < 1.29 is 12.8 Å². The molecule has 1 fully saturated rings. The van der Waals surface area contributed by atoms with Crippen molar-refractivity contribution in [1.29, 1.82) is 0 Å². The van der Waals surface area contributed by atoms with Crippen molar-refractivity contribution in [2.45, 2.75) is 25.3 Å². The zero-order valence-corrected chi connectivity index (χ0v) is 16.2. The van der Waals surface area contributed by atoms with Gasteiger partial charge in [0, 0.05) is 19.6 Å². The molecule has 1 atom stereocenters. The fraction of sp³-hybridized carbons (Fsp3) is 0.533. The molecule has 8 heteroatoms. The molecule has 23 heavy (non-hydrogen) atoms. The Hall–Kier alpha value is -0.900. The maximum atomic E-state index is 13.1. The summed E-state index contributed by atoms with van der Waals surface area (Å²) >= 11 is 0. The average Bonchev–Trinajstić information content (AvgIpc) is 2.81. The first-order valence-electron chi connectivity index (χ1n) is 7.40. The van der Waals surface area contributed by atoms with Crippen molar-refractivity contribution in [2.24, 2.45) is 4.99 Å². The number of hydrogen-bond donors (Lipinski definition) is 2. The fourth-order valence-electron chi connectivity index (χ4n) is 2.49. The largest absolute Gasteiger partial charge is 0.356 e. The van der Waals surface area contributed by atoms with Gasteiger partial charge in [-0.25, -0.2) is 12.8 Å². The molecule has 0 saturated carbocycles. The lowest BCUT2D eigenvalue weighted by Crippen LogP contribution is -2.44. The van der Waals surface area contributed by atoms with Crippen LogP contribution in [0, 0.1) is 5.82 Å². The van der Waals surface area contributed by atoms with Crippen LogP contribution in [0.15, 0.2) is 29.3 Å². The van der Waals surface area contributed by atoms with Gasteiger partial charge in [0.15, 0.2) is 15.8 Å². The van der Waals surface area contributed by atoms with Crippen molar-refractivity contribution >= 4 is 39.8 Å². The SMILES string of the molecule is CN=C(NCCCc1cccc(F)c1)NC1CCS(=O)(=O)C1.I. The Labute approximate surface area is 154 Å². The Bertz CT molecular complexity index is 637. The molecule has 0 radical (unpaired) electrons. The van der Waals surface area contributed by atoms with Crippen LogP contribution < -0.4 is 10.6 Å². The highest BCUT2D eigenvalue weighted by Gasteiger charge is 2.28. The molecular weight excluding hydrogens is 432 g/mol. The van der Waals surface area contributed by atoms with Crippen molar-refractivity contribution in [1.82, 2.24) is 10.6 Å². The summed E-state index contributed by atoms with van der Waals surface area (Å²) in [5, 5.41) is 6.29. The molecule has 2 rings (SSSR count). The monoisotopic (exact) mass is 455 g/mol. The molecular formula is C15H23FIN3O2S. The lowest BCUT2D eigenvalue weighted by molar-refractivity contribution is 0.599. The summed E-state index contributed by atoms with van der Waals surface area (Å²) in [5.74, 6) is 0.796. The third-order valence-electron chi connectivity index (χ3n) is 3.62. The van der Waals surface area contributed by atoms with Gasteiger partial charge in [0.2, 0.25) is 0 Å². The van der Waals surface area contributed by atoms with E-state index in [0.717, 1.165) is 18.4 Å². The van der Waals surface area contributed by atoms with Gasteiger partial charge in [0.25, 0.3) is 0 Å². The Morgan fingerprint density at radius 3 is 2.83 bits per heavy atom. The van der Waals surface area contributed by atoms with Gasteiger partial charge < -0.3 is 10.6 Å². The molecule has 1 aliphatic heterocycles. The Kier molecular flexibility index (Phi) is 8.24. The van der Waals surface area contributed by atoms with E-state index in [2.05, 4.69) is 15.6 Å². The van der Waals surface area contributed by atoms with Crippen LogP contribution in [0.3, 0.4) is 0 Å². The maximum Gasteiger partial charge on any atom is 0.191 e. The van der Waals surface area contributed by atoms with Crippen LogP contribution in [0.25, 0.3) is 0 Å². The number of sulfone groups is 1. The molecule has 0 amide bonds. The minimum absolute atomic E-state index is 0. The second-order valence-corrected chi connectivity index (χ2v) is 7.71. The molecule has 1 aromatic carbocycles. The highest BCUT2D eigenvalue weighted by atomic mass is 127. The van der Waals surface area contributed by atoms with Crippen LogP contribution in [0.2, 0.25) is 0 Å². The lowest BCUT2D eigenvalue weighted by Gasteiger charge is -2.16. The number of aliphatic imine (C=N–C) groups is 1. The normalized spacial score (nSPS) is 19.9. The third-order valence-corrected chi connectivity index (χ3v) is 5.39. The van der Waals surface area contributed by atoms with Crippen LogP contribution in [-0.2, 0) is 16.3 Å². The first-order chi connectivity index (χ1) is 10.5. The number of aryl methyl sites for hydroxylation is 1. The maximum absolute atomic E-state index is 13.1. The van der Waals surface area contributed by atoms with Crippen molar-refractivity contribution in [2.75, 3.05) is 25.1 Å². The topological polar surface area (TPSA) is 70.6 Å². The van der Waals surface area contributed by atoms with Crippen molar-refractivity contribution in [3.63, 3.8) is 0 Å². The molecule has 1 aromatic rings. The summed E-state index contributed by atoms with van der Waals surface area (Å²) in [5.41, 5.74) is 0.964. The Morgan fingerprint density at radius 1 is 1.43 bits per heavy atom. The van der Waals surface area contributed by atoms with Crippen LogP contribution in [-0.4, -0.2) is 45.5 Å². The van der Waals surface area contributed by atoms with Crippen LogP contribution in [0.5, 0.6) is 0 Å². The minimum Gasteiger partial charge on any atom is -0.356 e. The molecule has 5 nitrogen and oxygen atoms in total. The molecule has 0 bridgehead atoms. The second-order valence-electron chi connectivity index (χ2n) is 5.48. The molecule has 1 aliphatic rings. The van der Waals surface area contributed by atoms with E-state index in [1.807, 2.05) is 6.07 Å². The van der Waals surface area contributed by atoms with Crippen LogP contribution in [0.1, 0.15) is 18.4 Å². The molecule has 130 valence electrons. The summed E-state index contributed by atoms with van der Waals surface area (Å²) in [6.45, 7) is 0.690. The summed E-state index contributed by atoms with van der Waals surface area (Å²) < 4.78 is 35.9. The van der Waals surface area contributed by atoms with Gasteiger partial charge >= 0.3 is 0 Å². The predicted octanol–water partition coefficient (Wildman–Crippen LogP) is 1.73. The Morgan fingerprint density at radius 2 is 2.22 bits per heavy atom. The minimum atomic E-state index is -2.90. The Balaban J connectivity index is 0.00000264. The quantitative estimate of drug-likeness (QED) is 0.307. The number of halogens is 2. The van der Waals surface area contributed by atoms with E-state index in [4.69, 9.17) is 0 Å². The number of rotatable bonds is 5. The summed E-state index contributed by atoms with van der Waals surface area (Å²) in [6.07, 6.45) is 2.24. The number of hydrogen-bond acceptors (Lipinski definition) is 3. The fourth-order valence-corrected chi connectivity index (χ4v) is 4.16. The molecule has 0 aliphatic carbocycles. The highest BCUT2D eigenvalue weighted by molar-refractivity contribution is 14.0. The van der Waals surface area contributed by atoms with E-state index in [1.54, 1.807) is 13.1 Å². The predicted molar refractivity (Wildman–Crippen MR) is 102 cm³/mol. The van der Waals surface area contributed by atoms with E-state index in [9.17, 15) is 12.8 Å².